The van der Waals surface area contributed by atoms with Gasteiger partial charge in [-0.05, 0) is 49.6 Å². The maximum absolute atomic E-state index is 15.3. The highest BCUT2D eigenvalue weighted by molar-refractivity contribution is 6.32. The van der Waals surface area contributed by atoms with Gasteiger partial charge in [-0.3, -0.25) is 4.79 Å². The minimum absolute atomic E-state index is 0.0267. The van der Waals surface area contributed by atoms with Crippen molar-refractivity contribution in [2.45, 2.75) is 37.5 Å². The van der Waals surface area contributed by atoms with Crippen LogP contribution in [0.25, 0.3) is 11.0 Å². The fourth-order valence-corrected chi connectivity index (χ4v) is 6.43. The van der Waals surface area contributed by atoms with Gasteiger partial charge in [0.25, 0.3) is 0 Å². The molecule has 3 aromatic rings. The van der Waals surface area contributed by atoms with Crippen molar-refractivity contribution in [2.24, 2.45) is 5.41 Å². The molecule has 196 valence electrons. The Morgan fingerprint density at radius 1 is 1.26 bits per heavy atom. The van der Waals surface area contributed by atoms with Gasteiger partial charge in [0.2, 0.25) is 5.91 Å². The number of aromatic nitrogens is 3. The number of nitrogens with one attached hydrogen (secondary N) is 1. The normalized spacial score (nSPS) is 27.1. The molecule has 5 fully saturated rings. The molecule has 1 saturated carbocycles. The van der Waals surface area contributed by atoms with E-state index in [4.69, 9.17) is 26.1 Å². The summed E-state index contributed by atoms with van der Waals surface area (Å²) in [4.78, 5) is 29.7. The zero-order valence-electron chi connectivity index (χ0n) is 20.6. The van der Waals surface area contributed by atoms with Crippen LogP contribution in [0.4, 0.5) is 21.7 Å². The Bertz CT molecular complexity index is 1460. The third-order valence-corrected chi connectivity index (χ3v) is 8.59. The molecule has 0 unspecified atom stereocenters. The molecular weight excluding hydrogens is 511 g/mol. The molecule has 2 aromatic heterocycles. The van der Waals surface area contributed by atoms with E-state index in [2.05, 4.69) is 26.8 Å². The summed E-state index contributed by atoms with van der Waals surface area (Å²) >= 11 is 6.36. The smallest absolute Gasteiger partial charge is 0.246 e. The SMILES string of the molecule is C=CC(=O)N1C[C@@H]2C[C@H]1CN2c1ccc2ncnc(Nc3ccc(OCC45COC(C4)C5)c(Cl)c3F)c2n1. The number of carbonyl (C=O) groups is 1. The topological polar surface area (TPSA) is 92.7 Å². The van der Waals surface area contributed by atoms with Crippen molar-refractivity contribution in [3.63, 3.8) is 0 Å². The van der Waals surface area contributed by atoms with Gasteiger partial charge in [0.05, 0.1) is 42.6 Å². The van der Waals surface area contributed by atoms with E-state index >= 15 is 4.39 Å². The lowest BCUT2D eigenvalue weighted by molar-refractivity contribution is -0.127. The fraction of sp³-hybridized carbons (Fsp3) is 0.407. The monoisotopic (exact) mass is 536 g/mol. The number of halogens is 2. The first kappa shape index (κ1) is 23.6. The van der Waals surface area contributed by atoms with E-state index in [1.807, 2.05) is 17.0 Å². The summed E-state index contributed by atoms with van der Waals surface area (Å²) in [5, 5.41) is 2.96. The Labute approximate surface area is 223 Å². The van der Waals surface area contributed by atoms with Gasteiger partial charge in [0.1, 0.15) is 28.4 Å². The number of benzene rings is 1. The number of likely N-dealkylation sites (tertiary alicyclic amines) is 1. The van der Waals surface area contributed by atoms with E-state index in [9.17, 15) is 4.79 Å². The van der Waals surface area contributed by atoms with Crippen molar-refractivity contribution in [3.8, 4) is 5.75 Å². The van der Waals surface area contributed by atoms with Crippen LogP contribution >= 0.6 is 11.6 Å². The second kappa shape index (κ2) is 8.78. The van der Waals surface area contributed by atoms with E-state index in [0.717, 1.165) is 25.1 Å². The Hall–Kier alpha value is -3.50. The summed E-state index contributed by atoms with van der Waals surface area (Å²) in [6, 6.07) is 7.36. The average molecular weight is 537 g/mol. The number of nitrogens with zero attached hydrogens (tertiary/aromatic N) is 5. The Morgan fingerprint density at radius 3 is 2.87 bits per heavy atom. The van der Waals surface area contributed by atoms with Crippen LogP contribution in [0.1, 0.15) is 19.3 Å². The number of piperazine rings is 1. The molecule has 0 radical (unpaired) electrons. The molecule has 2 atom stereocenters. The van der Waals surface area contributed by atoms with Gasteiger partial charge in [0, 0.05) is 18.5 Å². The second-order valence-electron chi connectivity index (χ2n) is 10.6. The quantitative estimate of drug-likeness (QED) is 0.451. The van der Waals surface area contributed by atoms with Crippen LogP contribution in [-0.2, 0) is 9.53 Å². The van der Waals surface area contributed by atoms with Crippen LogP contribution in [0, 0.1) is 11.2 Å². The fourth-order valence-electron chi connectivity index (χ4n) is 6.21. The van der Waals surface area contributed by atoms with E-state index in [1.165, 1.54) is 12.4 Å². The first-order chi connectivity index (χ1) is 18.4. The molecule has 4 aliphatic heterocycles. The first-order valence-electron chi connectivity index (χ1n) is 12.7. The molecule has 9 nitrogen and oxygen atoms in total. The summed E-state index contributed by atoms with van der Waals surface area (Å²) in [5.41, 5.74) is 1.34. The number of hydrogen-bond donors (Lipinski definition) is 1. The number of anilines is 3. The number of amides is 1. The summed E-state index contributed by atoms with van der Waals surface area (Å²) < 4.78 is 26.8. The Kier molecular flexibility index (Phi) is 5.45. The van der Waals surface area contributed by atoms with Gasteiger partial charge in [-0.15, -0.1) is 0 Å². The summed E-state index contributed by atoms with van der Waals surface area (Å²) in [7, 11) is 0. The molecule has 5 aliphatic rings. The minimum Gasteiger partial charge on any atom is -0.491 e. The molecule has 8 rings (SSSR count). The van der Waals surface area contributed by atoms with Gasteiger partial charge in [-0.25, -0.2) is 19.3 Å². The van der Waals surface area contributed by atoms with E-state index in [1.54, 1.807) is 12.1 Å². The second-order valence-corrected chi connectivity index (χ2v) is 11.0. The largest absolute Gasteiger partial charge is 0.491 e. The van der Waals surface area contributed by atoms with Crippen molar-refractivity contribution in [2.75, 3.05) is 36.5 Å². The lowest BCUT2D eigenvalue weighted by Gasteiger charge is -2.34. The Balaban J connectivity index is 1.11. The van der Waals surface area contributed by atoms with Gasteiger partial charge in [0.15, 0.2) is 11.6 Å². The predicted octanol–water partition coefficient (Wildman–Crippen LogP) is 4.09. The number of pyridine rings is 1. The molecule has 38 heavy (non-hydrogen) atoms. The number of carbonyl (C=O) groups excluding carboxylic acids is 1. The van der Waals surface area contributed by atoms with Gasteiger partial charge in [-0.1, -0.05) is 18.2 Å². The summed E-state index contributed by atoms with van der Waals surface area (Å²) in [6.07, 6.45) is 5.97. The third kappa shape index (κ3) is 3.77. The summed E-state index contributed by atoms with van der Waals surface area (Å²) in [6.45, 7) is 6.07. The van der Waals surface area contributed by atoms with E-state index < -0.39 is 5.82 Å². The van der Waals surface area contributed by atoms with Crippen LogP contribution < -0.4 is 15.0 Å². The molecule has 11 heteroatoms. The maximum Gasteiger partial charge on any atom is 0.246 e. The van der Waals surface area contributed by atoms with Gasteiger partial charge in [-0.2, -0.15) is 0 Å². The maximum atomic E-state index is 15.3. The third-order valence-electron chi connectivity index (χ3n) is 8.24. The highest BCUT2D eigenvalue weighted by atomic mass is 35.5. The molecule has 1 N–H and O–H groups in total. The highest BCUT2D eigenvalue weighted by Crippen LogP contribution is 2.50. The standard InChI is InChI=1S/C27H26ClFN6O3/c1-2-22(36)35-11-15-7-16(35)10-34(15)21-6-4-19-25(33-21)26(31-14-30-19)32-18-3-5-20(23(28)24(18)29)38-13-27-8-17(9-27)37-12-27/h2-6,14-17H,1,7-13H2,(H,30,31,32)/t15-,16-,17?,27?/m0/s1. The summed E-state index contributed by atoms with van der Waals surface area (Å²) in [5.74, 6) is 0.785. The minimum atomic E-state index is -0.623. The first-order valence-corrected chi connectivity index (χ1v) is 13.1. The number of hydrogen-bond acceptors (Lipinski definition) is 8. The van der Waals surface area contributed by atoms with Gasteiger partial charge < -0.3 is 24.6 Å². The van der Waals surface area contributed by atoms with Crippen molar-refractivity contribution < 1.29 is 18.7 Å². The molecule has 4 bridgehead atoms. The van der Waals surface area contributed by atoms with Crippen LogP contribution in [-0.4, -0.2) is 70.2 Å². The van der Waals surface area contributed by atoms with Crippen molar-refractivity contribution in [1.82, 2.24) is 19.9 Å². The zero-order valence-corrected chi connectivity index (χ0v) is 21.3. The number of fused-ring (bicyclic) bond motifs is 4. The van der Waals surface area contributed by atoms with E-state index in [-0.39, 0.29) is 34.1 Å². The lowest BCUT2D eigenvalue weighted by atomic mass is 9.71. The molecule has 1 aliphatic carbocycles. The lowest BCUT2D eigenvalue weighted by Crippen LogP contribution is -2.48. The molecule has 1 amide bonds. The van der Waals surface area contributed by atoms with Crippen LogP contribution in [0.5, 0.6) is 5.75 Å². The molecule has 1 aromatic carbocycles. The molecule has 6 heterocycles. The van der Waals surface area contributed by atoms with Crippen LogP contribution in [0.3, 0.4) is 0 Å². The van der Waals surface area contributed by atoms with Crippen molar-refractivity contribution >= 4 is 45.9 Å². The predicted molar refractivity (Wildman–Crippen MR) is 140 cm³/mol. The average Bonchev–Trinajstić information content (AvgIpc) is 3.71. The molecular formula is C27H26ClFN6O3. The Morgan fingerprint density at radius 2 is 2.13 bits per heavy atom. The van der Waals surface area contributed by atoms with Crippen LogP contribution in [0.2, 0.25) is 5.02 Å². The van der Waals surface area contributed by atoms with Gasteiger partial charge >= 0.3 is 0 Å². The van der Waals surface area contributed by atoms with Crippen molar-refractivity contribution in [1.29, 1.82) is 0 Å². The molecule has 0 spiro atoms. The molecule has 4 saturated heterocycles. The van der Waals surface area contributed by atoms with Crippen molar-refractivity contribution in [3.05, 3.63) is 54.1 Å². The van der Waals surface area contributed by atoms with E-state index in [0.29, 0.717) is 55.0 Å². The zero-order chi connectivity index (χ0) is 26.0. The van der Waals surface area contributed by atoms with Crippen LogP contribution in [0.15, 0.2) is 43.2 Å². The number of rotatable bonds is 7. The highest BCUT2D eigenvalue weighted by Gasteiger charge is 2.52. The number of ether oxygens (including phenoxy) is 2.